The van der Waals surface area contributed by atoms with Gasteiger partial charge in [-0.2, -0.15) is 0 Å². The van der Waals surface area contributed by atoms with Crippen LogP contribution in [0.1, 0.15) is 30.9 Å². The van der Waals surface area contributed by atoms with Gasteiger partial charge in [0.1, 0.15) is 13.2 Å². The number of benzene rings is 1. The third-order valence-corrected chi connectivity index (χ3v) is 4.49. The maximum absolute atomic E-state index is 5.68. The molecule has 0 aromatic heterocycles. The van der Waals surface area contributed by atoms with E-state index in [0.29, 0.717) is 19.3 Å². The van der Waals surface area contributed by atoms with Gasteiger partial charge in [-0.05, 0) is 44.6 Å². The monoisotopic (exact) mass is 276 g/mol. The molecule has 110 valence electrons. The number of nitrogens with zero attached hydrogens (tertiary/aromatic N) is 1. The molecule has 1 aromatic rings. The van der Waals surface area contributed by atoms with Crippen LogP contribution in [0, 0.1) is 0 Å². The zero-order valence-corrected chi connectivity index (χ0v) is 12.4. The average molecular weight is 276 g/mol. The average Bonchev–Trinajstić information content (AvgIpc) is 2.42. The summed E-state index contributed by atoms with van der Waals surface area (Å²) in [7, 11) is 4.25. The third kappa shape index (κ3) is 2.76. The minimum Gasteiger partial charge on any atom is -0.486 e. The second-order valence-electron chi connectivity index (χ2n) is 5.77. The first-order valence-electron chi connectivity index (χ1n) is 7.55. The highest BCUT2D eigenvalue weighted by Crippen LogP contribution is 2.33. The fourth-order valence-electron chi connectivity index (χ4n) is 2.90. The molecule has 0 spiro atoms. The van der Waals surface area contributed by atoms with Crippen LogP contribution in [0.2, 0.25) is 0 Å². The van der Waals surface area contributed by atoms with Crippen molar-refractivity contribution >= 4 is 0 Å². The van der Waals surface area contributed by atoms with Gasteiger partial charge in [0.2, 0.25) is 0 Å². The zero-order chi connectivity index (χ0) is 13.9. The molecular weight excluding hydrogens is 252 g/mol. The Kier molecular flexibility index (Phi) is 4.13. The van der Waals surface area contributed by atoms with E-state index in [0.717, 1.165) is 24.1 Å². The van der Waals surface area contributed by atoms with Gasteiger partial charge in [-0.1, -0.05) is 12.5 Å². The Labute approximate surface area is 121 Å². The Morgan fingerprint density at radius 1 is 1.25 bits per heavy atom. The second-order valence-corrected chi connectivity index (χ2v) is 5.77. The molecule has 1 heterocycles. The molecule has 20 heavy (non-hydrogen) atoms. The lowest BCUT2D eigenvalue weighted by Crippen LogP contribution is -2.41. The van der Waals surface area contributed by atoms with Gasteiger partial charge in [-0.15, -0.1) is 0 Å². The van der Waals surface area contributed by atoms with Gasteiger partial charge >= 0.3 is 0 Å². The fraction of sp³-hybridized carbons (Fsp3) is 0.625. The zero-order valence-electron chi connectivity index (χ0n) is 12.4. The van der Waals surface area contributed by atoms with Crippen LogP contribution in [0.5, 0.6) is 11.5 Å². The van der Waals surface area contributed by atoms with Gasteiger partial charge in [0.15, 0.2) is 11.5 Å². The quantitative estimate of drug-likeness (QED) is 0.894. The van der Waals surface area contributed by atoms with E-state index < -0.39 is 0 Å². The van der Waals surface area contributed by atoms with Crippen LogP contribution >= 0.6 is 0 Å². The first-order chi connectivity index (χ1) is 9.78. The SMILES string of the molecule is CNC(CN(C)C1CCC1)c1ccc2c(c1)OCCO2. The van der Waals surface area contributed by atoms with E-state index in [1.807, 2.05) is 13.1 Å². The summed E-state index contributed by atoms with van der Waals surface area (Å²) in [5.41, 5.74) is 1.27. The van der Waals surface area contributed by atoms with E-state index in [1.165, 1.54) is 24.8 Å². The molecule has 1 aliphatic carbocycles. The number of fused-ring (bicyclic) bond motifs is 1. The van der Waals surface area contributed by atoms with Gasteiger partial charge in [0.25, 0.3) is 0 Å². The number of rotatable bonds is 5. The topological polar surface area (TPSA) is 33.7 Å². The van der Waals surface area contributed by atoms with E-state index in [4.69, 9.17) is 9.47 Å². The van der Waals surface area contributed by atoms with Gasteiger partial charge in [-0.25, -0.2) is 0 Å². The van der Waals surface area contributed by atoms with E-state index in [2.05, 4.69) is 29.4 Å². The number of hydrogen-bond donors (Lipinski definition) is 1. The lowest BCUT2D eigenvalue weighted by Gasteiger charge is -2.37. The molecule has 4 nitrogen and oxygen atoms in total. The molecule has 1 fully saturated rings. The Morgan fingerprint density at radius 2 is 2.00 bits per heavy atom. The Hall–Kier alpha value is -1.26. The van der Waals surface area contributed by atoms with E-state index in [9.17, 15) is 0 Å². The summed E-state index contributed by atoms with van der Waals surface area (Å²) in [5, 5.41) is 3.42. The molecule has 1 aromatic carbocycles. The predicted molar refractivity (Wildman–Crippen MR) is 79.5 cm³/mol. The summed E-state index contributed by atoms with van der Waals surface area (Å²) in [4.78, 5) is 2.47. The minimum absolute atomic E-state index is 0.330. The van der Waals surface area contributed by atoms with Crippen molar-refractivity contribution in [1.82, 2.24) is 10.2 Å². The van der Waals surface area contributed by atoms with Crippen molar-refractivity contribution in [2.24, 2.45) is 0 Å². The Morgan fingerprint density at radius 3 is 2.65 bits per heavy atom. The number of ether oxygens (including phenoxy) is 2. The maximum Gasteiger partial charge on any atom is 0.161 e. The van der Waals surface area contributed by atoms with Crippen molar-refractivity contribution in [2.75, 3.05) is 33.9 Å². The summed E-state index contributed by atoms with van der Waals surface area (Å²) in [6, 6.07) is 7.38. The summed E-state index contributed by atoms with van der Waals surface area (Å²) < 4.78 is 11.3. The highest BCUT2D eigenvalue weighted by molar-refractivity contribution is 5.44. The lowest BCUT2D eigenvalue weighted by atomic mass is 9.91. The molecule has 0 amide bonds. The molecule has 1 N–H and O–H groups in total. The van der Waals surface area contributed by atoms with Crippen LogP contribution in [0.25, 0.3) is 0 Å². The summed E-state index contributed by atoms with van der Waals surface area (Å²) in [6.07, 6.45) is 4.06. The van der Waals surface area contributed by atoms with E-state index >= 15 is 0 Å². The van der Waals surface area contributed by atoms with Gasteiger partial charge in [0, 0.05) is 18.6 Å². The fourth-order valence-corrected chi connectivity index (χ4v) is 2.90. The molecule has 4 heteroatoms. The van der Waals surface area contributed by atoms with Crippen LogP contribution in [0.15, 0.2) is 18.2 Å². The third-order valence-electron chi connectivity index (χ3n) is 4.49. The predicted octanol–water partition coefficient (Wildman–Crippen LogP) is 2.20. The molecule has 3 rings (SSSR count). The normalized spacial score (nSPS) is 19.8. The van der Waals surface area contributed by atoms with Crippen molar-refractivity contribution in [3.05, 3.63) is 23.8 Å². The number of likely N-dealkylation sites (N-methyl/N-ethyl adjacent to an activating group) is 2. The largest absolute Gasteiger partial charge is 0.486 e. The van der Waals surface area contributed by atoms with Gasteiger partial charge in [-0.3, -0.25) is 0 Å². The van der Waals surface area contributed by atoms with Gasteiger partial charge in [0.05, 0.1) is 0 Å². The Bertz CT molecular complexity index is 460. The summed E-state index contributed by atoms with van der Waals surface area (Å²) >= 11 is 0. The molecule has 1 saturated carbocycles. The molecule has 1 atom stereocenters. The lowest BCUT2D eigenvalue weighted by molar-refractivity contribution is 0.146. The van der Waals surface area contributed by atoms with Gasteiger partial charge < -0.3 is 19.7 Å². The first kappa shape index (κ1) is 13.7. The molecular formula is C16H24N2O2. The molecule has 1 unspecified atom stereocenters. The van der Waals surface area contributed by atoms with Crippen LogP contribution in [0.3, 0.4) is 0 Å². The first-order valence-corrected chi connectivity index (χ1v) is 7.55. The van der Waals surface area contributed by atoms with Crippen molar-refractivity contribution in [1.29, 1.82) is 0 Å². The number of nitrogens with one attached hydrogen (secondary N) is 1. The van der Waals surface area contributed by atoms with Crippen LogP contribution in [-0.2, 0) is 0 Å². The second kappa shape index (κ2) is 6.02. The van der Waals surface area contributed by atoms with E-state index in [-0.39, 0.29) is 0 Å². The van der Waals surface area contributed by atoms with Crippen LogP contribution in [-0.4, -0.2) is 44.8 Å². The molecule has 2 aliphatic rings. The highest BCUT2D eigenvalue weighted by atomic mass is 16.6. The summed E-state index contributed by atoms with van der Waals surface area (Å²) in [5.74, 6) is 1.74. The molecule has 0 bridgehead atoms. The summed E-state index contributed by atoms with van der Waals surface area (Å²) in [6.45, 7) is 2.32. The Balaban J connectivity index is 1.71. The minimum atomic E-state index is 0.330. The van der Waals surface area contributed by atoms with Crippen molar-refractivity contribution in [3.8, 4) is 11.5 Å². The van der Waals surface area contributed by atoms with Crippen molar-refractivity contribution < 1.29 is 9.47 Å². The van der Waals surface area contributed by atoms with Crippen molar-refractivity contribution in [3.63, 3.8) is 0 Å². The van der Waals surface area contributed by atoms with Crippen molar-refractivity contribution in [2.45, 2.75) is 31.3 Å². The van der Waals surface area contributed by atoms with Crippen LogP contribution in [0.4, 0.5) is 0 Å². The maximum atomic E-state index is 5.68. The van der Waals surface area contributed by atoms with E-state index in [1.54, 1.807) is 0 Å². The van der Waals surface area contributed by atoms with Crippen LogP contribution < -0.4 is 14.8 Å². The molecule has 1 aliphatic heterocycles. The molecule has 0 saturated heterocycles. The standard InChI is InChI=1S/C16H24N2O2/c1-17-14(11-18(2)13-4-3-5-13)12-6-7-15-16(10-12)20-9-8-19-15/h6-7,10,13-14,17H,3-5,8-9,11H2,1-2H3. The number of hydrogen-bond acceptors (Lipinski definition) is 4. The molecule has 0 radical (unpaired) electrons. The smallest absolute Gasteiger partial charge is 0.161 e. The highest BCUT2D eigenvalue weighted by Gasteiger charge is 2.24.